The lowest BCUT2D eigenvalue weighted by Gasteiger charge is -2.35. The van der Waals surface area contributed by atoms with E-state index in [0.29, 0.717) is 37.6 Å². The number of hydrogen-bond donors (Lipinski definition) is 1. The minimum atomic E-state index is -0.189. The zero-order valence-corrected chi connectivity index (χ0v) is 18.9. The third kappa shape index (κ3) is 3.80. The van der Waals surface area contributed by atoms with E-state index in [1.165, 1.54) is 10.9 Å². The van der Waals surface area contributed by atoms with Crippen molar-refractivity contribution < 1.29 is 9.59 Å². The van der Waals surface area contributed by atoms with E-state index in [9.17, 15) is 9.59 Å². The number of carbonyl (C=O) groups is 2. The molecular weight excluding hydrogens is 414 g/mol. The summed E-state index contributed by atoms with van der Waals surface area (Å²) in [4.78, 5) is 33.3. The van der Waals surface area contributed by atoms with Crippen LogP contribution in [0.15, 0.2) is 60.8 Å². The largest absolute Gasteiger partial charge is 0.352 e. The second-order valence-corrected chi connectivity index (χ2v) is 8.32. The fourth-order valence-corrected chi connectivity index (χ4v) is 4.73. The van der Waals surface area contributed by atoms with Crippen molar-refractivity contribution >= 4 is 45.1 Å². The minimum Gasteiger partial charge on any atom is -0.352 e. The van der Waals surface area contributed by atoms with Gasteiger partial charge in [-0.2, -0.15) is 0 Å². The Morgan fingerprint density at radius 2 is 1.70 bits per heavy atom. The second-order valence-electron chi connectivity index (χ2n) is 8.32. The molecule has 5 rings (SSSR count). The third-order valence-corrected chi connectivity index (χ3v) is 6.40. The molecule has 7 nitrogen and oxygen atoms in total. The van der Waals surface area contributed by atoms with Crippen molar-refractivity contribution in [3.05, 3.63) is 66.4 Å². The average Bonchev–Trinajstić information content (AvgIpc) is 3.17. The molecule has 2 aromatic heterocycles. The van der Waals surface area contributed by atoms with Crippen LogP contribution in [-0.4, -0.2) is 52.4 Å². The zero-order chi connectivity index (χ0) is 22.9. The minimum absolute atomic E-state index is 0.0773. The highest BCUT2D eigenvalue weighted by molar-refractivity contribution is 6.12. The lowest BCUT2D eigenvalue weighted by Crippen LogP contribution is -2.48. The number of pyridine rings is 1. The molecule has 1 saturated heterocycles. The summed E-state index contributed by atoms with van der Waals surface area (Å²) in [5.41, 5.74) is 3.63. The number of hydrogen-bond acceptors (Lipinski definition) is 4. The zero-order valence-electron chi connectivity index (χ0n) is 18.9. The molecule has 33 heavy (non-hydrogen) atoms. The number of carbonyl (C=O) groups excluding carboxylic acids is 2. The number of nitrogens with zero attached hydrogens (tertiary/aromatic N) is 4. The Morgan fingerprint density at radius 1 is 0.939 bits per heavy atom. The lowest BCUT2D eigenvalue weighted by atomic mass is 10.1. The molecule has 3 heterocycles. The number of anilines is 2. The average molecular weight is 442 g/mol. The van der Waals surface area contributed by atoms with Gasteiger partial charge in [-0.3, -0.25) is 9.59 Å². The van der Waals surface area contributed by atoms with Crippen LogP contribution in [0.2, 0.25) is 0 Å². The summed E-state index contributed by atoms with van der Waals surface area (Å²) in [6.45, 7) is 7.17. The number of para-hydroxylation sites is 1. The van der Waals surface area contributed by atoms with E-state index in [4.69, 9.17) is 0 Å². The first-order valence-electron chi connectivity index (χ1n) is 11.3. The van der Waals surface area contributed by atoms with Gasteiger partial charge in [-0.15, -0.1) is 0 Å². The SMILES string of the molecule is CCn1c2ccccc2c2cc(NC(=O)c3cccnc3N3CCN(C(C)=O)CC3)ccc21. The fourth-order valence-electron chi connectivity index (χ4n) is 4.73. The van der Waals surface area contributed by atoms with Crippen molar-refractivity contribution in [1.82, 2.24) is 14.5 Å². The van der Waals surface area contributed by atoms with Gasteiger partial charge in [0.25, 0.3) is 5.91 Å². The summed E-state index contributed by atoms with van der Waals surface area (Å²) in [5, 5.41) is 5.37. The second kappa shape index (κ2) is 8.58. The molecular formula is C26H27N5O2. The number of rotatable bonds is 4. The highest BCUT2D eigenvalue weighted by atomic mass is 16.2. The van der Waals surface area contributed by atoms with Crippen molar-refractivity contribution in [2.75, 3.05) is 36.4 Å². The van der Waals surface area contributed by atoms with Gasteiger partial charge in [-0.05, 0) is 43.3 Å². The smallest absolute Gasteiger partial charge is 0.259 e. The van der Waals surface area contributed by atoms with Crippen LogP contribution < -0.4 is 10.2 Å². The van der Waals surface area contributed by atoms with Gasteiger partial charge in [0, 0.05) is 73.3 Å². The van der Waals surface area contributed by atoms with Crippen LogP contribution in [0.5, 0.6) is 0 Å². The monoisotopic (exact) mass is 441 g/mol. The number of piperazine rings is 1. The molecule has 4 aromatic rings. The van der Waals surface area contributed by atoms with Crippen LogP contribution in [0.25, 0.3) is 21.8 Å². The number of fused-ring (bicyclic) bond motifs is 3. The molecule has 7 heteroatoms. The number of nitrogens with one attached hydrogen (secondary N) is 1. The summed E-state index contributed by atoms with van der Waals surface area (Å²) in [6, 6.07) is 18.0. The first-order chi connectivity index (χ1) is 16.1. The van der Waals surface area contributed by atoms with Crippen LogP contribution in [0.3, 0.4) is 0 Å². The van der Waals surface area contributed by atoms with Crippen molar-refractivity contribution in [3.8, 4) is 0 Å². The standard InChI is InChI=1S/C26H27N5O2/c1-3-31-23-9-5-4-7-20(23)22-17-19(10-11-24(22)31)28-26(33)21-8-6-12-27-25(21)30-15-13-29(14-16-30)18(2)32/h4-12,17H,3,13-16H2,1-2H3,(H,28,33). The molecule has 0 unspecified atom stereocenters. The van der Waals surface area contributed by atoms with Crippen LogP contribution in [0, 0.1) is 0 Å². The van der Waals surface area contributed by atoms with E-state index in [-0.39, 0.29) is 11.8 Å². The van der Waals surface area contributed by atoms with Crippen LogP contribution in [-0.2, 0) is 11.3 Å². The van der Waals surface area contributed by atoms with E-state index in [1.54, 1.807) is 25.3 Å². The lowest BCUT2D eigenvalue weighted by molar-refractivity contribution is -0.129. The highest BCUT2D eigenvalue weighted by Crippen LogP contribution is 2.31. The van der Waals surface area contributed by atoms with Gasteiger partial charge in [-0.25, -0.2) is 4.98 Å². The molecule has 1 fully saturated rings. The normalized spacial score (nSPS) is 14.1. The molecule has 2 aromatic carbocycles. The van der Waals surface area contributed by atoms with Crippen molar-refractivity contribution in [1.29, 1.82) is 0 Å². The van der Waals surface area contributed by atoms with Gasteiger partial charge >= 0.3 is 0 Å². The van der Waals surface area contributed by atoms with Gasteiger partial charge in [0.2, 0.25) is 5.91 Å². The Hall–Kier alpha value is -3.87. The molecule has 0 spiro atoms. The fraction of sp³-hybridized carbons (Fsp3) is 0.269. The summed E-state index contributed by atoms with van der Waals surface area (Å²) < 4.78 is 2.29. The Kier molecular flexibility index (Phi) is 5.46. The Balaban J connectivity index is 1.43. The number of amides is 2. The van der Waals surface area contributed by atoms with Gasteiger partial charge in [0.05, 0.1) is 5.56 Å². The van der Waals surface area contributed by atoms with Crippen LogP contribution >= 0.6 is 0 Å². The van der Waals surface area contributed by atoms with E-state index >= 15 is 0 Å². The predicted molar refractivity (Wildman–Crippen MR) is 132 cm³/mol. The Labute approximate surface area is 192 Å². The predicted octanol–water partition coefficient (Wildman–Crippen LogP) is 4.13. The highest BCUT2D eigenvalue weighted by Gasteiger charge is 2.23. The van der Waals surface area contributed by atoms with Crippen molar-refractivity contribution in [3.63, 3.8) is 0 Å². The molecule has 0 aliphatic carbocycles. The van der Waals surface area contributed by atoms with E-state index in [1.807, 2.05) is 23.1 Å². The first kappa shape index (κ1) is 21.0. The summed E-state index contributed by atoms with van der Waals surface area (Å²) in [7, 11) is 0. The molecule has 0 bridgehead atoms. The van der Waals surface area contributed by atoms with E-state index in [0.717, 1.165) is 23.1 Å². The van der Waals surface area contributed by atoms with Gasteiger partial charge in [0.1, 0.15) is 5.82 Å². The first-order valence-corrected chi connectivity index (χ1v) is 11.3. The molecule has 1 aliphatic heterocycles. The Morgan fingerprint density at radius 3 is 2.45 bits per heavy atom. The number of aromatic nitrogens is 2. The molecule has 0 saturated carbocycles. The van der Waals surface area contributed by atoms with Crippen LogP contribution in [0.4, 0.5) is 11.5 Å². The molecule has 2 amide bonds. The van der Waals surface area contributed by atoms with Gasteiger partial charge < -0.3 is 19.7 Å². The maximum absolute atomic E-state index is 13.3. The summed E-state index contributed by atoms with van der Waals surface area (Å²) in [6.07, 6.45) is 1.70. The molecule has 0 atom stereocenters. The van der Waals surface area contributed by atoms with E-state index in [2.05, 4.69) is 51.0 Å². The Bertz CT molecular complexity index is 1350. The topological polar surface area (TPSA) is 70.5 Å². The van der Waals surface area contributed by atoms with Crippen molar-refractivity contribution in [2.45, 2.75) is 20.4 Å². The van der Waals surface area contributed by atoms with Gasteiger partial charge in [-0.1, -0.05) is 18.2 Å². The quantitative estimate of drug-likeness (QED) is 0.517. The summed E-state index contributed by atoms with van der Waals surface area (Å²) in [5.74, 6) is 0.543. The van der Waals surface area contributed by atoms with Gasteiger partial charge in [0.15, 0.2) is 0 Å². The molecule has 1 N–H and O–H groups in total. The number of aryl methyl sites for hydroxylation is 1. The molecule has 1 aliphatic rings. The maximum Gasteiger partial charge on any atom is 0.259 e. The maximum atomic E-state index is 13.3. The molecule has 168 valence electrons. The third-order valence-electron chi connectivity index (χ3n) is 6.40. The summed E-state index contributed by atoms with van der Waals surface area (Å²) >= 11 is 0. The van der Waals surface area contributed by atoms with Crippen LogP contribution in [0.1, 0.15) is 24.2 Å². The number of benzene rings is 2. The van der Waals surface area contributed by atoms with Crippen molar-refractivity contribution in [2.24, 2.45) is 0 Å². The molecule has 0 radical (unpaired) electrons. The van der Waals surface area contributed by atoms with E-state index < -0.39 is 0 Å².